The van der Waals surface area contributed by atoms with Crippen LogP contribution >= 0.6 is 0 Å². The van der Waals surface area contributed by atoms with E-state index < -0.39 is 5.41 Å². The molecule has 1 amide bonds. The third-order valence-corrected chi connectivity index (χ3v) is 5.05. The first-order valence-corrected chi connectivity index (χ1v) is 7.76. The van der Waals surface area contributed by atoms with Crippen molar-refractivity contribution in [1.82, 2.24) is 5.32 Å². The molecule has 0 spiro atoms. The Morgan fingerprint density at radius 1 is 1.24 bits per heavy atom. The molecule has 0 radical (unpaired) electrons. The fourth-order valence-corrected chi connectivity index (χ4v) is 3.28. The van der Waals surface area contributed by atoms with E-state index in [-0.39, 0.29) is 17.8 Å². The molecule has 2 aliphatic rings. The number of rotatable bonds is 3. The number of nitrogens with one attached hydrogen (secondary N) is 1. The first-order valence-electron chi connectivity index (χ1n) is 7.76. The van der Waals surface area contributed by atoms with Crippen molar-refractivity contribution in [2.45, 2.75) is 58.4 Å². The smallest absolute Gasteiger partial charge is 0.234 e. The number of nitrogens with two attached hydrogens (primary N) is 1. The summed E-state index contributed by atoms with van der Waals surface area (Å²) in [6.45, 7) is 5.45. The SMILES string of the molecule is CC1(C)CCC(NC(=O)C2(C(N)=NO)CCOCC2)CC1. The standard InChI is InChI=1S/C15H27N3O3/c1-14(2)5-3-11(4-6-14)17-13(19)15(12(16)18-20)7-9-21-10-8-15/h11,20H,3-10H2,1-2H3,(H2,16,18)(H,17,19). The fourth-order valence-electron chi connectivity index (χ4n) is 3.28. The van der Waals surface area contributed by atoms with Crippen molar-refractivity contribution in [3.63, 3.8) is 0 Å². The van der Waals surface area contributed by atoms with Crippen LogP contribution in [0.5, 0.6) is 0 Å². The largest absolute Gasteiger partial charge is 0.409 e. The van der Waals surface area contributed by atoms with Gasteiger partial charge in [-0.3, -0.25) is 4.79 Å². The van der Waals surface area contributed by atoms with Crippen LogP contribution < -0.4 is 11.1 Å². The number of nitrogens with zero attached hydrogens (tertiary/aromatic N) is 1. The molecule has 21 heavy (non-hydrogen) atoms. The summed E-state index contributed by atoms with van der Waals surface area (Å²) in [5, 5.41) is 15.2. The summed E-state index contributed by atoms with van der Waals surface area (Å²) in [4.78, 5) is 12.7. The summed E-state index contributed by atoms with van der Waals surface area (Å²) in [5.41, 5.74) is 5.26. The van der Waals surface area contributed by atoms with Gasteiger partial charge in [0.15, 0.2) is 5.84 Å². The highest BCUT2D eigenvalue weighted by Crippen LogP contribution is 2.36. The number of hydrogen-bond acceptors (Lipinski definition) is 4. The molecule has 0 atom stereocenters. The summed E-state index contributed by atoms with van der Waals surface area (Å²) >= 11 is 0. The lowest BCUT2D eigenvalue weighted by molar-refractivity contribution is -0.132. The number of ether oxygens (including phenoxy) is 1. The zero-order valence-corrected chi connectivity index (χ0v) is 13.0. The van der Waals surface area contributed by atoms with Gasteiger partial charge in [0, 0.05) is 19.3 Å². The van der Waals surface area contributed by atoms with Gasteiger partial charge in [-0.2, -0.15) is 0 Å². The summed E-state index contributed by atoms with van der Waals surface area (Å²) in [6, 6.07) is 0.191. The number of hydrogen-bond donors (Lipinski definition) is 3. The van der Waals surface area contributed by atoms with Crippen LogP contribution in [0.4, 0.5) is 0 Å². The molecule has 1 saturated carbocycles. The van der Waals surface area contributed by atoms with E-state index in [0.717, 1.165) is 25.7 Å². The molecule has 1 heterocycles. The lowest BCUT2D eigenvalue weighted by Gasteiger charge is -2.38. The first kappa shape index (κ1) is 16.1. The van der Waals surface area contributed by atoms with Crippen LogP contribution in [0.1, 0.15) is 52.4 Å². The topological polar surface area (TPSA) is 96.9 Å². The van der Waals surface area contributed by atoms with Crippen LogP contribution in [0, 0.1) is 10.8 Å². The van der Waals surface area contributed by atoms with E-state index in [1.807, 2.05) is 0 Å². The van der Waals surface area contributed by atoms with Crippen molar-refractivity contribution in [2.24, 2.45) is 21.7 Å². The Balaban J connectivity index is 2.03. The quantitative estimate of drug-likeness (QED) is 0.319. The predicted octanol–water partition coefficient (Wildman–Crippen LogP) is 1.61. The van der Waals surface area contributed by atoms with Crippen molar-refractivity contribution in [3.8, 4) is 0 Å². The molecular weight excluding hydrogens is 270 g/mol. The van der Waals surface area contributed by atoms with Crippen molar-refractivity contribution >= 4 is 11.7 Å². The molecule has 2 fully saturated rings. The van der Waals surface area contributed by atoms with Crippen LogP contribution in [0.15, 0.2) is 5.16 Å². The Morgan fingerprint density at radius 3 is 2.33 bits per heavy atom. The highest BCUT2D eigenvalue weighted by Gasteiger charge is 2.45. The predicted molar refractivity (Wildman–Crippen MR) is 80.1 cm³/mol. The van der Waals surface area contributed by atoms with Gasteiger partial charge in [0.25, 0.3) is 0 Å². The Morgan fingerprint density at radius 2 is 1.81 bits per heavy atom. The number of carbonyl (C=O) groups excluding carboxylic acids is 1. The van der Waals surface area contributed by atoms with E-state index in [4.69, 9.17) is 15.7 Å². The molecule has 1 saturated heterocycles. The maximum Gasteiger partial charge on any atom is 0.234 e. The monoisotopic (exact) mass is 297 g/mol. The zero-order valence-electron chi connectivity index (χ0n) is 13.0. The van der Waals surface area contributed by atoms with Crippen LogP contribution in [0.25, 0.3) is 0 Å². The molecule has 4 N–H and O–H groups in total. The van der Waals surface area contributed by atoms with E-state index in [9.17, 15) is 4.79 Å². The van der Waals surface area contributed by atoms with Crippen LogP contribution in [0.3, 0.4) is 0 Å². The molecule has 0 unspecified atom stereocenters. The molecule has 2 rings (SSSR count). The maximum absolute atomic E-state index is 12.7. The summed E-state index contributed by atoms with van der Waals surface area (Å²) in [7, 11) is 0. The molecular formula is C15H27N3O3. The molecule has 0 aromatic carbocycles. The molecule has 0 bridgehead atoms. The van der Waals surface area contributed by atoms with Gasteiger partial charge < -0.3 is 21.0 Å². The molecule has 1 aliphatic heterocycles. The van der Waals surface area contributed by atoms with Gasteiger partial charge in [0.1, 0.15) is 5.41 Å². The van der Waals surface area contributed by atoms with E-state index in [2.05, 4.69) is 24.3 Å². The Labute approximate surface area is 126 Å². The van der Waals surface area contributed by atoms with Gasteiger partial charge in [0.05, 0.1) is 0 Å². The average molecular weight is 297 g/mol. The highest BCUT2D eigenvalue weighted by molar-refractivity contribution is 6.06. The second kappa shape index (κ2) is 6.22. The van der Waals surface area contributed by atoms with Gasteiger partial charge in [-0.1, -0.05) is 19.0 Å². The first-order chi connectivity index (χ1) is 9.89. The van der Waals surface area contributed by atoms with Gasteiger partial charge in [-0.05, 0) is 43.9 Å². The second-order valence-electron chi connectivity index (χ2n) is 7.09. The van der Waals surface area contributed by atoms with Gasteiger partial charge in [-0.15, -0.1) is 0 Å². The van der Waals surface area contributed by atoms with E-state index >= 15 is 0 Å². The maximum atomic E-state index is 12.7. The normalized spacial score (nSPS) is 26.3. The lowest BCUT2D eigenvalue weighted by Crippen LogP contribution is -2.55. The minimum atomic E-state index is -0.917. The zero-order chi connectivity index (χ0) is 15.5. The van der Waals surface area contributed by atoms with Crippen LogP contribution in [0.2, 0.25) is 0 Å². The minimum Gasteiger partial charge on any atom is -0.409 e. The van der Waals surface area contributed by atoms with Crippen molar-refractivity contribution < 1.29 is 14.7 Å². The van der Waals surface area contributed by atoms with Crippen molar-refractivity contribution in [2.75, 3.05) is 13.2 Å². The third kappa shape index (κ3) is 3.48. The summed E-state index contributed by atoms with van der Waals surface area (Å²) < 4.78 is 5.31. The third-order valence-electron chi connectivity index (χ3n) is 5.05. The number of oxime groups is 1. The Bertz CT molecular complexity index is 404. The number of amidine groups is 1. The number of amides is 1. The van der Waals surface area contributed by atoms with Gasteiger partial charge >= 0.3 is 0 Å². The van der Waals surface area contributed by atoms with Crippen molar-refractivity contribution in [3.05, 3.63) is 0 Å². The Hall–Kier alpha value is -1.30. The van der Waals surface area contributed by atoms with E-state index in [1.165, 1.54) is 0 Å². The average Bonchev–Trinajstić information content (AvgIpc) is 2.49. The molecule has 6 nitrogen and oxygen atoms in total. The second-order valence-corrected chi connectivity index (χ2v) is 7.09. The van der Waals surface area contributed by atoms with Crippen molar-refractivity contribution in [1.29, 1.82) is 0 Å². The minimum absolute atomic E-state index is 0.000519. The lowest BCUT2D eigenvalue weighted by atomic mass is 9.74. The fraction of sp³-hybridized carbons (Fsp3) is 0.867. The number of carbonyl (C=O) groups is 1. The van der Waals surface area contributed by atoms with Gasteiger partial charge in [-0.25, -0.2) is 0 Å². The molecule has 1 aliphatic carbocycles. The molecule has 0 aromatic heterocycles. The van der Waals surface area contributed by atoms with Gasteiger partial charge in [0.2, 0.25) is 5.91 Å². The summed E-state index contributed by atoms with van der Waals surface area (Å²) in [6.07, 6.45) is 5.12. The Kier molecular flexibility index (Phi) is 4.76. The van der Waals surface area contributed by atoms with E-state index in [1.54, 1.807) is 0 Å². The molecule has 120 valence electrons. The summed E-state index contributed by atoms with van der Waals surface area (Å²) in [5.74, 6) is -0.120. The molecule has 0 aromatic rings. The van der Waals surface area contributed by atoms with E-state index in [0.29, 0.717) is 31.5 Å². The molecule has 6 heteroatoms. The highest BCUT2D eigenvalue weighted by atomic mass is 16.5. The van der Waals surface area contributed by atoms with Crippen LogP contribution in [-0.2, 0) is 9.53 Å². The van der Waals surface area contributed by atoms with Crippen LogP contribution in [-0.4, -0.2) is 36.2 Å².